The zero-order valence-corrected chi connectivity index (χ0v) is 18.0. The van der Waals surface area contributed by atoms with Crippen LogP contribution in [-0.4, -0.2) is 11.8 Å². The fraction of sp³-hybridized carbons (Fsp3) is 0.120. The zero-order valence-electron chi connectivity index (χ0n) is 17.3. The number of imide groups is 1. The molecule has 1 N–H and O–H groups in total. The van der Waals surface area contributed by atoms with Gasteiger partial charge in [0.1, 0.15) is 11.5 Å². The van der Waals surface area contributed by atoms with Crippen molar-refractivity contribution in [1.82, 2.24) is 0 Å². The number of anilines is 2. The van der Waals surface area contributed by atoms with Gasteiger partial charge in [-0.25, -0.2) is 9.29 Å². The second-order valence-electron chi connectivity index (χ2n) is 7.58. The first kappa shape index (κ1) is 20.8. The number of nitrogens with one attached hydrogen (secondary N) is 1. The number of benzene rings is 3. The molecule has 1 heterocycles. The molecule has 0 aliphatic carbocycles. The van der Waals surface area contributed by atoms with E-state index in [4.69, 9.17) is 11.6 Å². The summed E-state index contributed by atoms with van der Waals surface area (Å²) in [6, 6.07) is 16.5. The molecule has 156 valence electrons. The summed E-state index contributed by atoms with van der Waals surface area (Å²) in [6.07, 6.45) is 0. The van der Waals surface area contributed by atoms with Gasteiger partial charge in [0.2, 0.25) is 0 Å². The molecule has 0 spiro atoms. The summed E-state index contributed by atoms with van der Waals surface area (Å²) in [5.41, 5.74) is 4.47. The van der Waals surface area contributed by atoms with Gasteiger partial charge in [-0.05, 0) is 67.8 Å². The lowest BCUT2D eigenvalue weighted by Crippen LogP contribution is -2.32. The smallest absolute Gasteiger partial charge is 0.282 e. The summed E-state index contributed by atoms with van der Waals surface area (Å²) in [6.45, 7) is 5.69. The Bertz CT molecular complexity index is 1270. The van der Waals surface area contributed by atoms with Crippen LogP contribution in [0, 0.1) is 26.6 Å². The van der Waals surface area contributed by atoms with Crippen molar-refractivity contribution in [1.29, 1.82) is 0 Å². The molecule has 0 saturated heterocycles. The molecule has 0 radical (unpaired) electrons. The largest absolute Gasteiger partial charge is 0.350 e. The van der Waals surface area contributed by atoms with Crippen LogP contribution in [0.25, 0.3) is 5.57 Å². The molecule has 0 saturated carbocycles. The fourth-order valence-corrected chi connectivity index (χ4v) is 3.83. The van der Waals surface area contributed by atoms with Gasteiger partial charge in [-0.15, -0.1) is 0 Å². The molecule has 0 aromatic heterocycles. The summed E-state index contributed by atoms with van der Waals surface area (Å²) in [5, 5.41) is 3.43. The molecular formula is C25H20ClFN2O2. The van der Waals surface area contributed by atoms with Gasteiger partial charge in [0.05, 0.1) is 11.3 Å². The van der Waals surface area contributed by atoms with Gasteiger partial charge in [-0.3, -0.25) is 9.59 Å². The van der Waals surface area contributed by atoms with Gasteiger partial charge in [0, 0.05) is 10.7 Å². The molecule has 31 heavy (non-hydrogen) atoms. The van der Waals surface area contributed by atoms with Gasteiger partial charge >= 0.3 is 0 Å². The van der Waals surface area contributed by atoms with E-state index in [0.717, 1.165) is 21.6 Å². The Morgan fingerprint density at radius 1 is 0.871 bits per heavy atom. The third-order valence-electron chi connectivity index (χ3n) is 5.24. The minimum atomic E-state index is -0.524. The van der Waals surface area contributed by atoms with Gasteiger partial charge in [-0.1, -0.05) is 47.5 Å². The van der Waals surface area contributed by atoms with E-state index in [-0.39, 0.29) is 11.3 Å². The van der Waals surface area contributed by atoms with Crippen LogP contribution >= 0.6 is 11.6 Å². The molecule has 3 aromatic rings. The van der Waals surface area contributed by atoms with E-state index in [2.05, 4.69) is 5.32 Å². The van der Waals surface area contributed by atoms with Crippen molar-refractivity contribution in [3.05, 3.63) is 99.5 Å². The molecule has 0 atom stereocenters. The molecular weight excluding hydrogens is 415 g/mol. The maximum absolute atomic E-state index is 13.7. The number of hydrogen-bond acceptors (Lipinski definition) is 3. The Kier molecular flexibility index (Phi) is 5.38. The normalized spacial score (nSPS) is 13.9. The molecule has 3 aromatic carbocycles. The monoisotopic (exact) mass is 434 g/mol. The summed E-state index contributed by atoms with van der Waals surface area (Å²) >= 11 is 6.25. The molecule has 0 fully saturated rings. The van der Waals surface area contributed by atoms with E-state index >= 15 is 0 Å². The van der Waals surface area contributed by atoms with Crippen molar-refractivity contribution in [2.45, 2.75) is 20.8 Å². The lowest BCUT2D eigenvalue weighted by Gasteiger charge is -2.16. The van der Waals surface area contributed by atoms with Gasteiger partial charge in [0.25, 0.3) is 11.8 Å². The summed E-state index contributed by atoms with van der Waals surface area (Å²) < 4.78 is 13.7. The molecule has 1 aliphatic heterocycles. The number of carbonyl (C=O) groups excluding carboxylic acids is 2. The van der Waals surface area contributed by atoms with Gasteiger partial charge in [0.15, 0.2) is 0 Å². The van der Waals surface area contributed by atoms with Crippen LogP contribution in [0.4, 0.5) is 15.8 Å². The van der Waals surface area contributed by atoms with Crippen molar-refractivity contribution in [2.24, 2.45) is 0 Å². The van der Waals surface area contributed by atoms with Gasteiger partial charge < -0.3 is 5.32 Å². The standard InChI is InChI=1S/C25H20ClFN2O2/c1-14-7-10-20(16(3)11-14)22-23(28-18-6-4-5-17(27)12-18)25(31)29(24(22)30)19-9-8-15(2)21(26)13-19/h4-13,28H,1-3H3. The van der Waals surface area contributed by atoms with Crippen LogP contribution in [0.1, 0.15) is 22.3 Å². The number of hydrogen-bond donors (Lipinski definition) is 1. The molecule has 0 bridgehead atoms. The first-order valence-corrected chi connectivity index (χ1v) is 10.1. The highest BCUT2D eigenvalue weighted by molar-refractivity contribution is 6.46. The Balaban J connectivity index is 1.87. The Morgan fingerprint density at radius 2 is 1.65 bits per heavy atom. The fourth-order valence-electron chi connectivity index (χ4n) is 3.66. The first-order chi connectivity index (χ1) is 14.8. The number of halogens is 2. The molecule has 4 nitrogen and oxygen atoms in total. The predicted octanol–water partition coefficient (Wildman–Crippen LogP) is 5.80. The van der Waals surface area contributed by atoms with E-state index < -0.39 is 17.6 Å². The van der Waals surface area contributed by atoms with Crippen LogP contribution in [0.15, 0.2) is 66.4 Å². The summed E-state index contributed by atoms with van der Waals surface area (Å²) in [7, 11) is 0. The summed E-state index contributed by atoms with van der Waals surface area (Å²) in [4.78, 5) is 28.0. The first-order valence-electron chi connectivity index (χ1n) is 9.75. The molecule has 6 heteroatoms. The Hall–Kier alpha value is -3.44. The maximum Gasteiger partial charge on any atom is 0.282 e. The van der Waals surface area contributed by atoms with E-state index in [0.29, 0.717) is 22.0 Å². The van der Waals surface area contributed by atoms with Crippen LogP contribution in [0.2, 0.25) is 5.02 Å². The van der Waals surface area contributed by atoms with E-state index in [9.17, 15) is 14.0 Å². The number of aryl methyl sites for hydroxylation is 3. The second-order valence-corrected chi connectivity index (χ2v) is 7.99. The van der Waals surface area contributed by atoms with Crippen molar-refractivity contribution in [3.63, 3.8) is 0 Å². The predicted molar refractivity (Wildman–Crippen MR) is 122 cm³/mol. The lowest BCUT2D eigenvalue weighted by molar-refractivity contribution is -0.120. The Labute approximate surface area is 185 Å². The highest BCUT2D eigenvalue weighted by atomic mass is 35.5. The van der Waals surface area contributed by atoms with E-state index in [1.54, 1.807) is 24.3 Å². The quantitative estimate of drug-likeness (QED) is 0.528. The number of nitrogens with zero attached hydrogens (tertiary/aromatic N) is 1. The minimum Gasteiger partial charge on any atom is -0.350 e. The highest BCUT2D eigenvalue weighted by Gasteiger charge is 2.40. The third kappa shape index (κ3) is 3.84. The van der Waals surface area contributed by atoms with Gasteiger partial charge in [-0.2, -0.15) is 0 Å². The molecule has 1 aliphatic rings. The SMILES string of the molecule is Cc1ccc(C2=C(Nc3cccc(F)c3)C(=O)N(c3ccc(C)c(Cl)c3)C2=O)c(C)c1. The number of amides is 2. The van der Waals surface area contributed by atoms with E-state index in [1.165, 1.54) is 18.2 Å². The Morgan fingerprint density at radius 3 is 2.32 bits per heavy atom. The average molecular weight is 435 g/mol. The van der Waals surface area contributed by atoms with Crippen molar-refractivity contribution in [2.75, 3.05) is 10.2 Å². The number of rotatable bonds is 4. The number of carbonyl (C=O) groups is 2. The van der Waals surface area contributed by atoms with Crippen molar-refractivity contribution in [3.8, 4) is 0 Å². The van der Waals surface area contributed by atoms with Crippen LogP contribution < -0.4 is 10.2 Å². The van der Waals surface area contributed by atoms with Crippen molar-refractivity contribution < 1.29 is 14.0 Å². The zero-order chi connectivity index (χ0) is 22.3. The summed E-state index contributed by atoms with van der Waals surface area (Å²) in [5.74, 6) is -1.43. The van der Waals surface area contributed by atoms with E-state index in [1.807, 2.05) is 39.0 Å². The minimum absolute atomic E-state index is 0.0965. The molecule has 2 amide bonds. The second kappa shape index (κ2) is 8.00. The topological polar surface area (TPSA) is 49.4 Å². The molecule has 0 unspecified atom stereocenters. The van der Waals surface area contributed by atoms with Crippen LogP contribution in [-0.2, 0) is 9.59 Å². The maximum atomic E-state index is 13.7. The average Bonchev–Trinajstić information content (AvgIpc) is 2.94. The highest BCUT2D eigenvalue weighted by Crippen LogP contribution is 2.36. The van der Waals surface area contributed by atoms with Crippen LogP contribution in [0.5, 0.6) is 0 Å². The molecule has 4 rings (SSSR count). The third-order valence-corrected chi connectivity index (χ3v) is 5.65. The van der Waals surface area contributed by atoms with Crippen molar-refractivity contribution >= 4 is 40.4 Å². The lowest BCUT2D eigenvalue weighted by atomic mass is 9.97. The van der Waals surface area contributed by atoms with Crippen LogP contribution in [0.3, 0.4) is 0 Å².